The quantitative estimate of drug-likeness (QED) is 0.673. The summed E-state index contributed by atoms with van der Waals surface area (Å²) in [5.74, 6) is 0.316. The first kappa shape index (κ1) is 13.1. The van der Waals surface area contributed by atoms with Crippen molar-refractivity contribution >= 4 is 16.6 Å². The van der Waals surface area contributed by atoms with Gasteiger partial charge in [0, 0.05) is 43.6 Å². The molecule has 0 radical (unpaired) electrons. The Bertz CT molecular complexity index is 633. The molecule has 3 rings (SSSR count). The number of hydrogen-bond acceptors (Lipinski definition) is 4. The summed E-state index contributed by atoms with van der Waals surface area (Å²) in [6.45, 7) is 4.88. The lowest BCUT2D eigenvalue weighted by Crippen LogP contribution is -2.39. The Balaban J connectivity index is 1.80. The number of oxime groups is 1. The van der Waals surface area contributed by atoms with E-state index in [1.54, 1.807) is 0 Å². The molecule has 0 spiro atoms. The molecule has 1 aromatic heterocycles. The highest BCUT2D eigenvalue weighted by Gasteiger charge is 2.22. The molecule has 1 aromatic carbocycles. The van der Waals surface area contributed by atoms with Crippen LogP contribution in [0.4, 0.5) is 0 Å². The largest absolute Gasteiger partial charge is 0.411 e. The molecule has 2 aromatic rings. The second-order valence-electron chi connectivity index (χ2n) is 5.47. The number of aromatic nitrogens is 1. The van der Waals surface area contributed by atoms with Crippen molar-refractivity contribution in [1.82, 2.24) is 9.88 Å². The normalized spacial score (nSPS) is 22.4. The maximum absolute atomic E-state index is 8.94. The van der Waals surface area contributed by atoms with Crippen molar-refractivity contribution in [2.45, 2.75) is 19.9 Å². The lowest BCUT2D eigenvalue weighted by Gasteiger charge is -2.31. The molecule has 0 aliphatic carbocycles. The third-order valence-corrected chi connectivity index (χ3v) is 4.02. The summed E-state index contributed by atoms with van der Waals surface area (Å²) in [7, 11) is 0. The van der Waals surface area contributed by atoms with Crippen LogP contribution in [-0.2, 0) is 6.54 Å². The smallest absolute Gasteiger partial charge is 0.0746 e. The van der Waals surface area contributed by atoms with Crippen LogP contribution in [-0.4, -0.2) is 33.9 Å². The number of fused-ring (bicyclic) bond motifs is 1. The Morgan fingerprint density at radius 3 is 3.00 bits per heavy atom. The lowest BCUT2D eigenvalue weighted by molar-refractivity contribution is 0.229. The molecule has 1 N–H and O–H groups in total. The maximum atomic E-state index is 8.94. The van der Waals surface area contributed by atoms with E-state index in [0.29, 0.717) is 5.92 Å². The third-order valence-electron chi connectivity index (χ3n) is 4.02. The predicted octanol–water partition coefficient (Wildman–Crippen LogP) is 2.91. The topological polar surface area (TPSA) is 48.7 Å². The van der Waals surface area contributed by atoms with E-state index in [0.717, 1.165) is 37.3 Å². The minimum atomic E-state index is 0.316. The fraction of sp³-hybridized carbons (Fsp3) is 0.375. The van der Waals surface area contributed by atoms with Gasteiger partial charge in [-0.3, -0.25) is 9.88 Å². The zero-order valence-corrected chi connectivity index (χ0v) is 11.7. The maximum Gasteiger partial charge on any atom is 0.0746 e. The molecule has 1 unspecified atom stereocenters. The summed E-state index contributed by atoms with van der Waals surface area (Å²) in [6.07, 6.45) is 2.69. The fourth-order valence-corrected chi connectivity index (χ4v) is 2.93. The van der Waals surface area contributed by atoms with Gasteiger partial charge in [-0.15, -0.1) is 0 Å². The van der Waals surface area contributed by atoms with E-state index in [1.165, 1.54) is 10.9 Å². The molecular weight excluding hydrogens is 250 g/mol. The molecule has 1 aliphatic heterocycles. The van der Waals surface area contributed by atoms with Crippen LogP contribution in [0.3, 0.4) is 0 Å². The molecule has 4 heteroatoms. The van der Waals surface area contributed by atoms with Crippen molar-refractivity contribution in [3.8, 4) is 0 Å². The molecule has 0 saturated carbocycles. The number of pyridine rings is 1. The second-order valence-corrected chi connectivity index (χ2v) is 5.47. The zero-order valence-electron chi connectivity index (χ0n) is 11.7. The van der Waals surface area contributed by atoms with Gasteiger partial charge in [0.15, 0.2) is 0 Å². The number of likely N-dealkylation sites (tertiary alicyclic amines) is 1. The summed E-state index contributed by atoms with van der Waals surface area (Å²) < 4.78 is 0. The SMILES string of the molecule is CC1CN(Cc2cccc3cccnc23)CC/C1=N\O. The first-order valence-electron chi connectivity index (χ1n) is 7.03. The zero-order chi connectivity index (χ0) is 13.9. The molecule has 2 heterocycles. The van der Waals surface area contributed by atoms with Gasteiger partial charge in [0.2, 0.25) is 0 Å². The Labute approximate surface area is 118 Å². The molecule has 1 fully saturated rings. The number of nitrogens with zero attached hydrogens (tertiary/aromatic N) is 3. The number of benzene rings is 1. The summed E-state index contributed by atoms with van der Waals surface area (Å²) in [6, 6.07) is 10.4. The Morgan fingerprint density at radius 2 is 2.20 bits per heavy atom. The van der Waals surface area contributed by atoms with E-state index < -0.39 is 0 Å². The van der Waals surface area contributed by atoms with Crippen LogP contribution in [0.2, 0.25) is 0 Å². The highest BCUT2D eigenvalue weighted by molar-refractivity contribution is 5.87. The van der Waals surface area contributed by atoms with Crippen LogP contribution < -0.4 is 0 Å². The minimum Gasteiger partial charge on any atom is -0.411 e. The van der Waals surface area contributed by atoms with Crippen LogP contribution in [0.5, 0.6) is 0 Å². The van der Waals surface area contributed by atoms with E-state index in [-0.39, 0.29) is 0 Å². The van der Waals surface area contributed by atoms with Crippen LogP contribution >= 0.6 is 0 Å². The molecule has 104 valence electrons. The summed E-state index contributed by atoms with van der Waals surface area (Å²) >= 11 is 0. The van der Waals surface area contributed by atoms with Gasteiger partial charge in [-0.2, -0.15) is 0 Å². The molecule has 20 heavy (non-hydrogen) atoms. The van der Waals surface area contributed by atoms with Crippen LogP contribution in [0.15, 0.2) is 41.7 Å². The van der Waals surface area contributed by atoms with Gasteiger partial charge in [-0.25, -0.2) is 0 Å². The van der Waals surface area contributed by atoms with Crippen molar-refractivity contribution in [1.29, 1.82) is 0 Å². The lowest BCUT2D eigenvalue weighted by atomic mass is 9.97. The number of rotatable bonds is 2. The van der Waals surface area contributed by atoms with Gasteiger partial charge in [0.25, 0.3) is 0 Å². The monoisotopic (exact) mass is 269 g/mol. The van der Waals surface area contributed by atoms with Gasteiger partial charge in [0.1, 0.15) is 0 Å². The van der Waals surface area contributed by atoms with Crippen molar-refractivity contribution < 1.29 is 5.21 Å². The third kappa shape index (κ3) is 2.51. The van der Waals surface area contributed by atoms with E-state index in [9.17, 15) is 0 Å². The van der Waals surface area contributed by atoms with Crippen LogP contribution in [0.25, 0.3) is 10.9 Å². The fourth-order valence-electron chi connectivity index (χ4n) is 2.93. The van der Waals surface area contributed by atoms with E-state index in [4.69, 9.17) is 5.21 Å². The Kier molecular flexibility index (Phi) is 3.65. The van der Waals surface area contributed by atoms with Crippen molar-refractivity contribution in [2.24, 2.45) is 11.1 Å². The number of piperidine rings is 1. The van der Waals surface area contributed by atoms with E-state index >= 15 is 0 Å². The van der Waals surface area contributed by atoms with Gasteiger partial charge >= 0.3 is 0 Å². The Morgan fingerprint density at radius 1 is 1.35 bits per heavy atom. The van der Waals surface area contributed by atoms with Crippen LogP contribution in [0.1, 0.15) is 18.9 Å². The van der Waals surface area contributed by atoms with Crippen molar-refractivity contribution in [2.75, 3.05) is 13.1 Å². The average molecular weight is 269 g/mol. The van der Waals surface area contributed by atoms with Crippen molar-refractivity contribution in [3.63, 3.8) is 0 Å². The molecular formula is C16H19N3O. The molecule has 4 nitrogen and oxygen atoms in total. The molecule has 0 bridgehead atoms. The number of hydrogen-bond donors (Lipinski definition) is 1. The summed E-state index contributed by atoms with van der Waals surface area (Å²) in [5, 5.41) is 13.5. The first-order valence-corrected chi connectivity index (χ1v) is 7.03. The minimum absolute atomic E-state index is 0.316. The van der Waals surface area contributed by atoms with Crippen molar-refractivity contribution in [3.05, 3.63) is 42.1 Å². The standard InChI is InChI=1S/C16H19N3O/c1-12-10-19(9-7-15(12)18-20)11-14-5-2-4-13-6-3-8-17-16(13)14/h2-6,8,12,20H,7,9-11H2,1H3/b18-15+. The first-order chi connectivity index (χ1) is 9.78. The van der Waals surface area contributed by atoms with E-state index in [1.807, 2.05) is 12.3 Å². The number of para-hydroxylation sites is 1. The second kappa shape index (κ2) is 5.59. The van der Waals surface area contributed by atoms with Crippen LogP contribution in [0, 0.1) is 5.92 Å². The van der Waals surface area contributed by atoms with Gasteiger partial charge in [-0.1, -0.05) is 36.3 Å². The van der Waals surface area contributed by atoms with Gasteiger partial charge in [0.05, 0.1) is 11.2 Å². The molecule has 0 amide bonds. The Hall–Kier alpha value is -1.94. The van der Waals surface area contributed by atoms with Gasteiger partial charge in [-0.05, 0) is 11.6 Å². The molecule has 1 atom stereocenters. The van der Waals surface area contributed by atoms with Gasteiger partial charge < -0.3 is 5.21 Å². The predicted molar refractivity (Wildman–Crippen MR) is 80.0 cm³/mol. The molecule has 1 aliphatic rings. The summed E-state index contributed by atoms with van der Waals surface area (Å²) in [5.41, 5.74) is 3.27. The summed E-state index contributed by atoms with van der Waals surface area (Å²) in [4.78, 5) is 6.91. The molecule has 1 saturated heterocycles. The van der Waals surface area contributed by atoms with E-state index in [2.05, 4.69) is 46.2 Å². The highest BCUT2D eigenvalue weighted by Crippen LogP contribution is 2.21. The highest BCUT2D eigenvalue weighted by atomic mass is 16.4. The average Bonchev–Trinajstić information content (AvgIpc) is 2.48.